The average molecular weight is 429 g/mol. The summed E-state index contributed by atoms with van der Waals surface area (Å²) in [5, 5.41) is 5.30. The van der Waals surface area contributed by atoms with Crippen LogP contribution in [0.25, 0.3) is 0 Å². The van der Waals surface area contributed by atoms with Gasteiger partial charge >= 0.3 is 0 Å². The zero-order valence-electron chi connectivity index (χ0n) is 16.9. The van der Waals surface area contributed by atoms with Crippen LogP contribution in [0.5, 0.6) is 0 Å². The van der Waals surface area contributed by atoms with E-state index in [1.54, 1.807) is 11.8 Å². The van der Waals surface area contributed by atoms with Gasteiger partial charge in [-0.3, -0.25) is 9.73 Å². The van der Waals surface area contributed by atoms with Crippen molar-refractivity contribution in [3.8, 4) is 0 Å². The molecule has 152 valence electrons. The van der Waals surface area contributed by atoms with Gasteiger partial charge in [-0.15, -0.1) is 0 Å². The van der Waals surface area contributed by atoms with Crippen molar-refractivity contribution in [2.24, 2.45) is 10.1 Å². The molecular formula is C21H24N4O2S2. The van der Waals surface area contributed by atoms with E-state index >= 15 is 0 Å². The Kier molecular flexibility index (Phi) is 5.16. The third-order valence-corrected chi connectivity index (χ3v) is 7.27. The lowest BCUT2D eigenvalue weighted by molar-refractivity contribution is 0.590. The predicted octanol–water partition coefficient (Wildman–Crippen LogP) is 3.74. The number of hydrazone groups is 1. The number of anilines is 1. The Morgan fingerprint density at radius 3 is 2.66 bits per heavy atom. The van der Waals surface area contributed by atoms with Gasteiger partial charge < -0.3 is 0 Å². The second-order valence-electron chi connectivity index (χ2n) is 7.62. The number of rotatable bonds is 3. The number of thioether (sulfide) groups is 1. The molecule has 0 amide bonds. The maximum atomic E-state index is 12.1. The predicted molar refractivity (Wildman–Crippen MR) is 122 cm³/mol. The smallest absolute Gasteiger partial charge is 0.232 e. The molecule has 6 nitrogen and oxygen atoms in total. The molecular weight excluding hydrogens is 404 g/mol. The van der Waals surface area contributed by atoms with E-state index in [-0.39, 0.29) is 6.04 Å². The van der Waals surface area contributed by atoms with Crippen LogP contribution in [-0.4, -0.2) is 37.3 Å². The number of aliphatic imine (C=N–C) groups is 1. The molecule has 2 aliphatic heterocycles. The van der Waals surface area contributed by atoms with Gasteiger partial charge in [-0.25, -0.2) is 13.4 Å². The van der Waals surface area contributed by atoms with Gasteiger partial charge in [0.15, 0.2) is 5.17 Å². The molecule has 0 fully saturated rings. The van der Waals surface area contributed by atoms with Gasteiger partial charge in [-0.05, 0) is 62.1 Å². The third kappa shape index (κ3) is 4.04. The molecule has 0 radical (unpaired) electrons. The summed E-state index contributed by atoms with van der Waals surface area (Å²) in [6.07, 6.45) is 1.97. The van der Waals surface area contributed by atoms with Crippen molar-refractivity contribution in [2.75, 3.05) is 16.3 Å². The largest absolute Gasteiger partial charge is 0.267 e. The van der Waals surface area contributed by atoms with E-state index in [0.717, 1.165) is 38.9 Å². The fraction of sp³-hybridized carbons (Fsp3) is 0.333. The number of fused-ring (bicyclic) bond motifs is 1. The molecule has 1 N–H and O–H groups in total. The molecule has 2 aromatic rings. The first kappa shape index (κ1) is 20.0. The molecule has 2 aromatic carbocycles. The third-order valence-electron chi connectivity index (χ3n) is 5.13. The zero-order valence-corrected chi connectivity index (χ0v) is 18.6. The lowest BCUT2D eigenvalue weighted by Gasteiger charge is -2.22. The molecule has 0 saturated heterocycles. The van der Waals surface area contributed by atoms with E-state index in [0.29, 0.717) is 12.2 Å². The van der Waals surface area contributed by atoms with E-state index in [9.17, 15) is 8.42 Å². The molecule has 2 heterocycles. The molecule has 0 bridgehead atoms. The van der Waals surface area contributed by atoms with Crippen LogP contribution in [0.1, 0.15) is 29.2 Å². The minimum Gasteiger partial charge on any atom is -0.267 e. The van der Waals surface area contributed by atoms with Gasteiger partial charge in [0.2, 0.25) is 10.0 Å². The Hall–Kier alpha value is -2.32. The normalized spacial score (nSPS) is 20.4. The summed E-state index contributed by atoms with van der Waals surface area (Å²) < 4.78 is 25.7. The second kappa shape index (κ2) is 7.50. The van der Waals surface area contributed by atoms with E-state index in [1.165, 1.54) is 16.1 Å². The first-order valence-corrected chi connectivity index (χ1v) is 12.3. The summed E-state index contributed by atoms with van der Waals surface area (Å²) in [4.78, 5) is 4.68. The molecule has 0 saturated carbocycles. The Bertz CT molecular complexity index is 1140. The fourth-order valence-electron chi connectivity index (χ4n) is 3.85. The maximum absolute atomic E-state index is 12.1. The highest BCUT2D eigenvalue weighted by Gasteiger charge is 2.32. The van der Waals surface area contributed by atoms with Gasteiger partial charge in [0, 0.05) is 11.8 Å². The number of amidine groups is 1. The quantitative estimate of drug-likeness (QED) is 0.808. The summed E-state index contributed by atoms with van der Waals surface area (Å²) in [5.74, 6) is 0.709. The number of nitrogens with one attached hydrogen (secondary N) is 1. The lowest BCUT2D eigenvalue weighted by Crippen LogP contribution is -2.34. The van der Waals surface area contributed by atoms with E-state index in [2.05, 4.69) is 47.6 Å². The monoisotopic (exact) mass is 428 g/mol. The van der Waals surface area contributed by atoms with E-state index in [1.807, 2.05) is 25.1 Å². The van der Waals surface area contributed by atoms with E-state index in [4.69, 9.17) is 0 Å². The van der Waals surface area contributed by atoms with Crippen LogP contribution in [0.2, 0.25) is 0 Å². The second-order valence-corrected chi connectivity index (χ2v) is 10.4. The van der Waals surface area contributed by atoms with Gasteiger partial charge in [0.25, 0.3) is 0 Å². The van der Waals surface area contributed by atoms with Gasteiger partial charge in [0.1, 0.15) is 0 Å². The summed E-state index contributed by atoms with van der Waals surface area (Å²) >= 11 is 1.61. The summed E-state index contributed by atoms with van der Waals surface area (Å²) in [6.45, 7) is 6.06. The van der Waals surface area contributed by atoms with Crippen molar-refractivity contribution in [1.82, 2.24) is 5.43 Å². The lowest BCUT2D eigenvalue weighted by atomic mass is 10.0. The topological polar surface area (TPSA) is 74.1 Å². The van der Waals surface area contributed by atoms with Crippen LogP contribution >= 0.6 is 11.8 Å². The Morgan fingerprint density at radius 1 is 1.21 bits per heavy atom. The zero-order chi connectivity index (χ0) is 20.8. The fourth-order valence-corrected chi connectivity index (χ4v) is 5.89. The highest BCUT2D eigenvalue weighted by Crippen LogP contribution is 2.35. The summed E-state index contributed by atoms with van der Waals surface area (Å²) in [6, 6.07) is 12.0. The van der Waals surface area contributed by atoms with Crippen molar-refractivity contribution < 1.29 is 8.42 Å². The van der Waals surface area contributed by atoms with Crippen LogP contribution < -0.4 is 9.73 Å². The molecule has 0 aromatic heterocycles. The Labute approximate surface area is 176 Å². The van der Waals surface area contributed by atoms with Crippen molar-refractivity contribution in [3.05, 3.63) is 58.7 Å². The highest BCUT2D eigenvalue weighted by atomic mass is 32.2. The van der Waals surface area contributed by atoms with Crippen LogP contribution in [0, 0.1) is 13.8 Å². The molecule has 4 rings (SSSR count). The van der Waals surface area contributed by atoms with Crippen LogP contribution in [0.3, 0.4) is 0 Å². The van der Waals surface area contributed by atoms with Crippen molar-refractivity contribution >= 4 is 44.0 Å². The standard InChI is InChI=1S/C21H24N4O2S2/c1-13-5-7-18(14(2)9-13)22-21-24-23-19(12-28-21)16-6-8-20-17(11-16)10-15(3)25(20)29(4,26)27/h5-9,11,15H,10,12H2,1-4H3,(H,22,24)/t15-/m1/s1. The van der Waals surface area contributed by atoms with Crippen molar-refractivity contribution in [3.63, 3.8) is 0 Å². The van der Waals surface area contributed by atoms with Gasteiger partial charge in [0.05, 0.1) is 23.3 Å². The first-order valence-electron chi connectivity index (χ1n) is 9.46. The SMILES string of the molecule is Cc1ccc(N=C2NN=C(c3ccc4c(c3)C[C@@H](C)N4S(C)(=O)=O)CS2)c(C)c1. The number of nitrogens with zero attached hydrogens (tertiary/aromatic N) is 3. The molecule has 8 heteroatoms. The van der Waals surface area contributed by atoms with Crippen LogP contribution in [-0.2, 0) is 16.4 Å². The summed E-state index contributed by atoms with van der Waals surface area (Å²) in [5.41, 5.74) is 10.1. The number of hydrogen-bond acceptors (Lipinski definition) is 5. The number of sulfonamides is 1. The van der Waals surface area contributed by atoms with Gasteiger partial charge in [-0.1, -0.05) is 35.5 Å². The first-order chi connectivity index (χ1) is 13.7. The van der Waals surface area contributed by atoms with Crippen molar-refractivity contribution in [2.45, 2.75) is 33.2 Å². The number of aryl methyl sites for hydroxylation is 2. The molecule has 0 aliphatic carbocycles. The Balaban J connectivity index is 1.56. The molecule has 29 heavy (non-hydrogen) atoms. The minimum atomic E-state index is -3.28. The molecule has 2 aliphatic rings. The van der Waals surface area contributed by atoms with Crippen LogP contribution in [0.4, 0.5) is 11.4 Å². The number of benzene rings is 2. The minimum absolute atomic E-state index is 0.0625. The molecule has 0 unspecified atom stereocenters. The Morgan fingerprint density at radius 2 is 2.00 bits per heavy atom. The van der Waals surface area contributed by atoms with Crippen LogP contribution in [0.15, 0.2) is 46.5 Å². The van der Waals surface area contributed by atoms with Gasteiger partial charge in [-0.2, -0.15) is 5.10 Å². The highest BCUT2D eigenvalue weighted by molar-refractivity contribution is 8.14. The summed E-state index contributed by atoms with van der Waals surface area (Å²) in [7, 11) is -3.28. The average Bonchev–Trinajstić information content (AvgIpc) is 2.99. The van der Waals surface area contributed by atoms with E-state index < -0.39 is 10.0 Å². The number of hydrogen-bond donors (Lipinski definition) is 1. The molecule has 1 atom stereocenters. The van der Waals surface area contributed by atoms with Crippen molar-refractivity contribution in [1.29, 1.82) is 0 Å². The molecule has 0 spiro atoms. The maximum Gasteiger partial charge on any atom is 0.232 e.